The van der Waals surface area contributed by atoms with Crippen LogP contribution in [0.25, 0.3) is 5.57 Å². The van der Waals surface area contributed by atoms with Crippen molar-refractivity contribution in [1.29, 1.82) is 0 Å². The molecule has 0 aliphatic rings. The molecule has 140 valence electrons. The second-order valence-corrected chi connectivity index (χ2v) is 6.76. The lowest BCUT2D eigenvalue weighted by Crippen LogP contribution is -1.97. The lowest BCUT2D eigenvalue weighted by Gasteiger charge is -2.13. The first-order valence-corrected chi connectivity index (χ1v) is 9.72. The van der Waals surface area contributed by atoms with Crippen LogP contribution in [-0.2, 0) is 6.42 Å². The zero-order valence-corrected chi connectivity index (χ0v) is 17.2. The van der Waals surface area contributed by atoms with E-state index in [-0.39, 0.29) is 0 Å². The van der Waals surface area contributed by atoms with Crippen LogP contribution >= 0.6 is 0 Å². The molecule has 0 atom stereocenters. The molecule has 3 aromatic rings. The molecule has 1 nitrogen and oxygen atoms in total. The third-order valence-corrected chi connectivity index (χ3v) is 4.52. The summed E-state index contributed by atoms with van der Waals surface area (Å²) in [5.74, 6) is 0. The average Bonchev–Trinajstić information content (AvgIpc) is 2.69. The summed E-state index contributed by atoms with van der Waals surface area (Å²) in [4.78, 5) is 0. The van der Waals surface area contributed by atoms with Gasteiger partial charge in [0, 0.05) is 11.3 Å². The van der Waals surface area contributed by atoms with Crippen LogP contribution in [0.4, 0.5) is 5.69 Å². The molecule has 0 heterocycles. The highest BCUT2D eigenvalue weighted by Crippen LogP contribution is 2.29. The molecule has 0 fully saturated rings. The topological polar surface area (TPSA) is 26.0 Å². The van der Waals surface area contributed by atoms with Gasteiger partial charge in [0.25, 0.3) is 0 Å². The summed E-state index contributed by atoms with van der Waals surface area (Å²) in [6.45, 7) is 10.3. The molecule has 0 saturated heterocycles. The minimum Gasteiger partial charge on any atom is -0.398 e. The number of nitrogen functional groups attached to an aromatic ring is 1. The Labute approximate surface area is 164 Å². The fourth-order valence-electron chi connectivity index (χ4n) is 2.96. The molecule has 0 spiro atoms. The SMILES string of the molecule is CC.Cc1ccc(C/C=C(/c2ccc(C)cc2)c2cc(C)ccc2N)cc1. The standard InChI is InChI=1S/C24H25N.C2H6/c1-17-4-9-20(10-5-17)11-14-22(21-12-6-18(2)7-13-21)23-16-19(3)8-15-24(23)25;1-2/h4-10,12-16H,11,25H2,1-3H3;1-2H3/b22-14-;. The lowest BCUT2D eigenvalue weighted by atomic mass is 9.93. The van der Waals surface area contributed by atoms with Gasteiger partial charge in [-0.25, -0.2) is 0 Å². The summed E-state index contributed by atoms with van der Waals surface area (Å²) in [5.41, 5.74) is 15.7. The summed E-state index contributed by atoms with van der Waals surface area (Å²) < 4.78 is 0. The Hall–Kier alpha value is -2.80. The minimum absolute atomic E-state index is 0.821. The van der Waals surface area contributed by atoms with E-state index in [4.69, 9.17) is 5.73 Å². The van der Waals surface area contributed by atoms with Crippen molar-refractivity contribution >= 4 is 11.3 Å². The van der Waals surface area contributed by atoms with Crippen LogP contribution in [0, 0.1) is 20.8 Å². The van der Waals surface area contributed by atoms with Gasteiger partial charge in [-0.15, -0.1) is 0 Å². The van der Waals surface area contributed by atoms with Crippen LogP contribution in [0.3, 0.4) is 0 Å². The second-order valence-electron chi connectivity index (χ2n) is 6.76. The fraction of sp³-hybridized carbons (Fsp3) is 0.231. The van der Waals surface area contributed by atoms with Crippen molar-refractivity contribution < 1.29 is 0 Å². The van der Waals surface area contributed by atoms with E-state index in [9.17, 15) is 0 Å². The minimum atomic E-state index is 0.821. The van der Waals surface area contributed by atoms with Crippen LogP contribution in [0.2, 0.25) is 0 Å². The van der Waals surface area contributed by atoms with Crippen LogP contribution in [0.15, 0.2) is 72.8 Å². The van der Waals surface area contributed by atoms with E-state index in [1.165, 1.54) is 33.4 Å². The smallest absolute Gasteiger partial charge is 0.0394 e. The summed E-state index contributed by atoms with van der Waals surface area (Å²) in [6, 6.07) is 23.6. The van der Waals surface area contributed by atoms with Gasteiger partial charge < -0.3 is 5.73 Å². The molecule has 0 aliphatic heterocycles. The van der Waals surface area contributed by atoms with Gasteiger partial charge in [-0.2, -0.15) is 0 Å². The van der Waals surface area contributed by atoms with Crippen molar-refractivity contribution in [3.63, 3.8) is 0 Å². The number of anilines is 1. The summed E-state index contributed by atoms with van der Waals surface area (Å²) >= 11 is 0. The summed E-state index contributed by atoms with van der Waals surface area (Å²) in [6.07, 6.45) is 3.18. The Bertz CT molecular complexity index is 884. The molecule has 27 heavy (non-hydrogen) atoms. The number of nitrogens with two attached hydrogens (primary N) is 1. The summed E-state index contributed by atoms with van der Waals surface area (Å²) in [7, 11) is 0. The predicted octanol–water partition coefficient (Wildman–Crippen LogP) is 6.89. The summed E-state index contributed by atoms with van der Waals surface area (Å²) in [5, 5.41) is 0. The zero-order valence-electron chi connectivity index (χ0n) is 17.2. The van der Waals surface area contributed by atoms with Crippen LogP contribution in [-0.4, -0.2) is 0 Å². The molecule has 0 unspecified atom stereocenters. The number of benzene rings is 3. The van der Waals surface area contributed by atoms with Gasteiger partial charge in [-0.05, 0) is 56.0 Å². The Kier molecular flexibility index (Phi) is 7.43. The first-order chi connectivity index (χ1) is 13.0. The van der Waals surface area contributed by atoms with E-state index in [0.29, 0.717) is 0 Å². The molecule has 0 amide bonds. The Balaban J connectivity index is 0.00000126. The maximum absolute atomic E-state index is 6.31. The Morgan fingerprint density at radius 1 is 0.741 bits per heavy atom. The lowest BCUT2D eigenvalue weighted by molar-refractivity contribution is 1.25. The second kappa shape index (κ2) is 9.78. The van der Waals surface area contributed by atoms with Gasteiger partial charge in [0.05, 0.1) is 0 Å². The highest BCUT2D eigenvalue weighted by Gasteiger charge is 2.09. The van der Waals surface area contributed by atoms with Crippen molar-refractivity contribution in [2.75, 3.05) is 5.73 Å². The van der Waals surface area contributed by atoms with Crippen molar-refractivity contribution in [2.45, 2.75) is 41.0 Å². The van der Waals surface area contributed by atoms with E-state index in [1.807, 2.05) is 19.9 Å². The maximum atomic E-state index is 6.31. The molecule has 0 radical (unpaired) electrons. The van der Waals surface area contributed by atoms with Gasteiger partial charge in [0.15, 0.2) is 0 Å². The monoisotopic (exact) mass is 357 g/mol. The Morgan fingerprint density at radius 2 is 1.26 bits per heavy atom. The van der Waals surface area contributed by atoms with E-state index in [2.05, 4.69) is 87.5 Å². The molecule has 0 aliphatic carbocycles. The number of rotatable bonds is 4. The molecule has 3 aromatic carbocycles. The first-order valence-electron chi connectivity index (χ1n) is 9.72. The average molecular weight is 358 g/mol. The van der Waals surface area contributed by atoms with E-state index < -0.39 is 0 Å². The van der Waals surface area contributed by atoms with E-state index in [1.54, 1.807) is 0 Å². The third kappa shape index (κ3) is 5.59. The number of allylic oxidation sites excluding steroid dienone is 1. The van der Waals surface area contributed by atoms with Crippen LogP contribution < -0.4 is 5.73 Å². The molecule has 0 saturated carbocycles. The van der Waals surface area contributed by atoms with E-state index >= 15 is 0 Å². The van der Waals surface area contributed by atoms with E-state index in [0.717, 1.165) is 17.7 Å². The van der Waals surface area contributed by atoms with Crippen molar-refractivity contribution in [3.8, 4) is 0 Å². The molecular formula is C26H31N. The van der Waals surface area contributed by atoms with Crippen molar-refractivity contribution in [3.05, 3.63) is 106 Å². The fourth-order valence-corrected chi connectivity index (χ4v) is 2.96. The zero-order chi connectivity index (χ0) is 19.8. The van der Waals surface area contributed by atoms with Gasteiger partial charge >= 0.3 is 0 Å². The number of hydrogen-bond acceptors (Lipinski definition) is 1. The van der Waals surface area contributed by atoms with Crippen molar-refractivity contribution in [1.82, 2.24) is 0 Å². The maximum Gasteiger partial charge on any atom is 0.0394 e. The number of aryl methyl sites for hydroxylation is 3. The molecule has 1 heteroatoms. The highest BCUT2D eigenvalue weighted by atomic mass is 14.6. The number of hydrogen-bond donors (Lipinski definition) is 1. The highest BCUT2D eigenvalue weighted by molar-refractivity contribution is 5.86. The van der Waals surface area contributed by atoms with Gasteiger partial charge in [0.1, 0.15) is 0 Å². The predicted molar refractivity (Wildman–Crippen MR) is 120 cm³/mol. The quantitative estimate of drug-likeness (QED) is 0.505. The van der Waals surface area contributed by atoms with Gasteiger partial charge in [-0.3, -0.25) is 0 Å². The largest absolute Gasteiger partial charge is 0.398 e. The van der Waals surface area contributed by atoms with Gasteiger partial charge in [-0.1, -0.05) is 91.2 Å². The Morgan fingerprint density at radius 3 is 1.85 bits per heavy atom. The first kappa shape index (κ1) is 20.5. The molecule has 3 rings (SSSR count). The third-order valence-electron chi connectivity index (χ3n) is 4.52. The van der Waals surface area contributed by atoms with Gasteiger partial charge in [0.2, 0.25) is 0 Å². The molecule has 0 bridgehead atoms. The van der Waals surface area contributed by atoms with Crippen molar-refractivity contribution in [2.24, 2.45) is 0 Å². The van der Waals surface area contributed by atoms with Crippen LogP contribution in [0.5, 0.6) is 0 Å². The normalized spacial score (nSPS) is 10.9. The molecule has 0 aromatic heterocycles. The molecule has 2 N–H and O–H groups in total. The van der Waals surface area contributed by atoms with Crippen LogP contribution in [0.1, 0.15) is 47.2 Å². The molecular weight excluding hydrogens is 326 g/mol.